The Morgan fingerprint density at radius 1 is 1.31 bits per heavy atom. The lowest BCUT2D eigenvalue weighted by molar-refractivity contribution is -0.118. The lowest BCUT2D eigenvalue weighted by Gasteiger charge is -2.25. The molecule has 1 amide bonds. The fraction of sp³-hybridized carbons (Fsp3) is 0.385. The van der Waals surface area contributed by atoms with E-state index >= 15 is 4.39 Å². The number of ether oxygens (including phenoxy) is 2. The number of aromatic nitrogens is 1. The SMILES string of the molecule is C=C/C=C\C=C(\F)C(N[C@@H](CO)C(C)C)c1cnc(NC(=O)C2(c3ccc4c(c3)OCO4)CC2)s1. The van der Waals surface area contributed by atoms with Crippen molar-refractivity contribution < 1.29 is 23.8 Å². The van der Waals surface area contributed by atoms with Gasteiger partial charge in [0.05, 0.1) is 22.9 Å². The largest absolute Gasteiger partial charge is 0.454 e. The first-order chi connectivity index (χ1) is 16.9. The Morgan fingerprint density at radius 3 is 2.77 bits per heavy atom. The highest BCUT2D eigenvalue weighted by molar-refractivity contribution is 7.15. The van der Waals surface area contributed by atoms with Gasteiger partial charge < -0.3 is 19.9 Å². The van der Waals surface area contributed by atoms with E-state index in [1.54, 1.807) is 24.4 Å². The van der Waals surface area contributed by atoms with Gasteiger partial charge in [-0.05, 0) is 42.5 Å². The quantitative estimate of drug-likeness (QED) is 0.385. The number of anilines is 1. The molecule has 1 fully saturated rings. The van der Waals surface area contributed by atoms with Crippen LogP contribution in [0.4, 0.5) is 9.52 Å². The lowest BCUT2D eigenvalue weighted by Crippen LogP contribution is -2.39. The first-order valence-electron chi connectivity index (χ1n) is 11.6. The summed E-state index contributed by atoms with van der Waals surface area (Å²) in [5, 5.41) is 16.3. The molecule has 0 spiro atoms. The van der Waals surface area contributed by atoms with Crippen molar-refractivity contribution >= 4 is 22.4 Å². The lowest BCUT2D eigenvalue weighted by atomic mass is 9.94. The summed E-state index contributed by atoms with van der Waals surface area (Å²) in [6.45, 7) is 7.54. The first-order valence-corrected chi connectivity index (χ1v) is 12.4. The van der Waals surface area contributed by atoms with Crippen molar-refractivity contribution in [2.45, 2.75) is 44.2 Å². The van der Waals surface area contributed by atoms with Gasteiger partial charge in [0.2, 0.25) is 12.7 Å². The number of nitrogens with zero attached hydrogens (tertiary/aromatic N) is 1. The molecule has 1 aliphatic carbocycles. The maximum atomic E-state index is 15.1. The minimum absolute atomic E-state index is 0.0857. The highest BCUT2D eigenvalue weighted by atomic mass is 32.1. The Hall–Kier alpha value is -3.01. The number of benzene rings is 1. The van der Waals surface area contributed by atoms with E-state index < -0.39 is 17.3 Å². The van der Waals surface area contributed by atoms with Crippen LogP contribution in [0.3, 0.4) is 0 Å². The molecule has 2 aliphatic rings. The van der Waals surface area contributed by atoms with Crippen molar-refractivity contribution in [3.63, 3.8) is 0 Å². The monoisotopic (exact) mass is 499 g/mol. The molecule has 0 saturated heterocycles. The van der Waals surface area contributed by atoms with Crippen LogP contribution in [0.1, 0.15) is 43.2 Å². The third kappa shape index (κ3) is 5.47. The van der Waals surface area contributed by atoms with Crippen molar-refractivity contribution in [3.05, 3.63) is 71.5 Å². The maximum absolute atomic E-state index is 15.1. The van der Waals surface area contributed by atoms with Crippen LogP contribution in [0.2, 0.25) is 0 Å². The smallest absolute Gasteiger partial charge is 0.236 e. The Kier molecular flexibility index (Phi) is 7.69. The van der Waals surface area contributed by atoms with E-state index in [-0.39, 0.29) is 31.3 Å². The zero-order valence-corrected chi connectivity index (χ0v) is 20.6. The highest BCUT2D eigenvalue weighted by Gasteiger charge is 2.52. The fourth-order valence-corrected chi connectivity index (χ4v) is 4.83. The van der Waals surface area contributed by atoms with Crippen LogP contribution in [-0.4, -0.2) is 35.4 Å². The molecular weight excluding hydrogens is 469 g/mol. The summed E-state index contributed by atoms with van der Waals surface area (Å²) < 4.78 is 26.0. The van der Waals surface area contributed by atoms with Crippen LogP contribution in [-0.2, 0) is 10.2 Å². The van der Waals surface area contributed by atoms with Gasteiger partial charge in [-0.2, -0.15) is 0 Å². The minimum Gasteiger partial charge on any atom is -0.454 e. The van der Waals surface area contributed by atoms with Crippen LogP contribution < -0.4 is 20.1 Å². The molecule has 4 rings (SSSR count). The number of rotatable bonds is 11. The van der Waals surface area contributed by atoms with Gasteiger partial charge >= 0.3 is 0 Å². The standard InChI is InChI=1S/C26H30FN3O4S/c1-4-5-6-7-18(27)23(29-19(14-31)16(2)3)22-13-28-25(35-22)30-24(32)26(10-11-26)17-8-9-20-21(12-17)34-15-33-20/h4-9,12-13,16,19,23,29,31H,1,10-11,14-15H2,2-3H3,(H,28,30,32)/b6-5-,18-7+/t19-,23?/m0/s1. The number of amides is 1. The van der Waals surface area contributed by atoms with E-state index in [0.717, 1.165) is 18.4 Å². The van der Waals surface area contributed by atoms with Crippen molar-refractivity contribution in [2.75, 3.05) is 18.7 Å². The Bertz CT molecular complexity index is 1140. The molecule has 2 atom stereocenters. The van der Waals surface area contributed by atoms with Gasteiger partial charge in [0.15, 0.2) is 16.6 Å². The van der Waals surface area contributed by atoms with Crippen molar-refractivity contribution in [1.82, 2.24) is 10.3 Å². The number of carbonyl (C=O) groups excluding carboxylic acids is 1. The molecule has 35 heavy (non-hydrogen) atoms. The molecule has 1 aromatic heterocycles. The second-order valence-electron chi connectivity index (χ2n) is 8.98. The van der Waals surface area contributed by atoms with Gasteiger partial charge in [-0.15, -0.1) is 0 Å². The fourth-order valence-electron chi connectivity index (χ4n) is 3.95. The van der Waals surface area contributed by atoms with E-state index in [1.165, 1.54) is 17.4 Å². The molecule has 1 saturated carbocycles. The van der Waals surface area contributed by atoms with Crippen molar-refractivity contribution in [2.24, 2.45) is 5.92 Å². The molecule has 9 heteroatoms. The van der Waals surface area contributed by atoms with Crippen LogP contribution in [0.25, 0.3) is 0 Å². The molecule has 186 valence electrons. The molecule has 0 bridgehead atoms. The number of aliphatic hydroxyl groups is 1. The summed E-state index contributed by atoms with van der Waals surface area (Å²) in [7, 11) is 0. The zero-order valence-electron chi connectivity index (χ0n) is 19.8. The summed E-state index contributed by atoms with van der Waals surface area (Å²) >= 11 is 1.20. The maximum Gasteiger partial charge on any atom is 0.236 e. The van der Waals surface area contributed by atoms with Crippen LogP contribution in [0, 0.1) is 5.92 Å². The summed E-state index contributed by atoms with van der Waals surface area (Å²) in [6.07, 6.45) is 9.10. The number of nitrogens with one attached hydrogen (secondary N) is 2. The number of allylic oxidation sites excluding steroid dienone is 4. The number of halogens is 1. The average Bonchev–Trinajstić information content (AvgIpc) is 3.30. The topological polar surface area (TPSA) is 92.7 Å². The molecule has 0 radical (unpaired) electrons. The van der Waals surface area contributed by atoms with E-state index in [9.17, 15) is 9.90 Å². The van der Waals surface area contributed by atoms with Gasteiger partial charge in [-0.25, -0.2) is 9.37 Å². The van der Waals surface area contributed by atoms with Crippen molar-refractivity contribution in [3.8, 4) is 11.5 Å². The summed E-state index contributed by atoms with van der Waals surface area (Å²) in [6, 6.07) is 4.45. The summed E-state index contributed by atoms with van der Waals surface area (Å²) in [5.74, 6) is 0.824. The Labute approximate surface area is 208 Å². The summed E-state index contributed by atoms with van der Waals surface area (Å²) in [4.78, 5) is 18.2. The van der Waals surface area contributed by atoms with E-state index in [4.69, 9.17) is 9.47 Å². The van der Waals surface area contributed by atoms with E-state index in [0.29, 0.717) is 21.5 Å². The second-order valence-corrected chi connectivity index (χ2v) is 10.0. The molecule has 7 nitrogen and oxygen atoms in total. The minimum atomic E-state index is -0.809. The molecule has 3 N–H and O–H groups in total. The number of fused-ring (bicyclic) bond motifs is 1. The van der Waals surface area contributed by atoms with E-state index in [2.05, 4.69) is 22.2 Å². The Morgan fingerprint density at radius 2 is 2.09 bits per heavy atom. The molecular formula is C26H30FN3O4S. The van der Waals surface area contributed by atoms with Gasteiger partial charge in [-0.1, -0.05) is 56.1 Å². The van der Waals surface area contributed by atoms with Crippen LogP contribution in [0.15, 0.2) is 61.1 Å². The second kappa shape index (κ2) is 10.7. The van der Waals surface area contributed by atoms with Crippen LogP contribution >= 0.6 is 11.3 Å². The zero-order chi connectivity index (χ0) is 25.0. The normalized spacial score (nSPS) is 18.0. The molecule has 1 unspecified atom stereocenters. The molecule has 2 heterocycles. The van der Waals surface area contributed by atoms with Gasteiger partial charge in [0.25, 0.3) is 0 Å². The highest BCUT2D eigenvalue weighted by Crippen LogP contribution is 2.51. The Balaban J connectivity index is 1.52. The average molecular weight is 500 g/mol. The number of hydrogen-bond donors (Lipinski definition) is 3. The third-order valence-electron chi connectivity index (χ3n) is 6.30. The third-order valence-corrected chi connectivity index (χ3v) is 7.28. The number of thiazole rings is 1. The summed E-state index contributed by atoms with van der Waals surface area (Å²) in [5.41, 5.74) is 0.242. The predicted molar refractivity (Wildman–Crippen MR) is 134 cm³/mol. The number of hydrogen-bond acceptors (Lipinski definition) is 7. The number of carbonyl (C=O) groups is 1. The molecule has 1 aliphatic heterocycles. The van der Waals surface area contributed by atoms with Gasteiger partial charge in [0.1, 0.15) is 5.83 Å². The van der Waals surface area contributed by atoms with Crippen LogP contribution in [0.5, 0.6) is 11.5 Å². The van der Waals surface area contributed by atoms with Gasteiger partial charge in [-0.3, -0.25) is 10.1 Å². The first kappa shape index (κ1) is 25.1. The molecule has 1 aromatic carbocycles. The van der Waals surface area contributed by atoms with E-state index in [1.807, 2.05) is 32.0 Å². The number of aliphatic hydroxyl groups excluding tert-OH is 1. The molecule has 2 aromatic rings. The van der Waals surface area contributed by atoms with Crippen molar-refractivity contribution in [1.29, 1.82) is 0 Å². The van der Waals surface area contributed by atoms with Gasteiger partial charge in [0, 0.05) is 12.2 Å². The predicted octanol–water partition coefficient (Wildman–Crippen LogP) is 4.79.